The van der Waals surface area contributed by atoms with Gasteiger partial charge in [0.05, 0.1) is 6.20 Å². The van der Waals surface area contributed by atoms with Crippen molar-refractivity contribution in [2.45, 2.75) is 58.1 Å². The van der Waals surface area contributed by atoms with Crippen LogP contribution in [0.1, 0.15) is 46.1 Å². The molecule has 0 spiro atoms. The lowest BCUT2D eigenvalue weighted by Gasteiger charge is -2.25. The summed E-state index contributed by atoms with van der Waals surface area (Å²) in [5.74, 6) is 0.449. The van der Waals surface area contributed by atoms with Gasteiger partial charge in [0.1, 0.15) is 0 Å². The predicted octanol–water partition coefficient (Wildman–Crippen LogP) is 1.96. The fraction of sp³-hybridized carbons (Fsp3) is 0.786. The SMILES string of the molecule is CCCNCc1cn[nH]c1S(=O)(=O)N(C)C(C)CC(C)C. The lowest BCUT2D eigenvalue weighted by atomic mass is 10.1. The van der Waals surface area contributed by atoms with Crippen LogP contribution >= 0.6 is 0 Å². The van der Waals surface area contributed by atoms with Gasteiger partial charge in [0.25, 0.3) is 10.0 Å². The molecule has 0 aliphatic heterocycles. The number of aromatic amines is 1. The van der Waals surface area contributed by atoms with Gasteiger partial charge in [0.15, 0.2) is 5.03 Å². The summed E-state index contributed by atoms with van der Waals surface area (Å²) >= 11 is 0. The molecule has 1 aromatic heterocycles. The topological polar surface area (TPSA) is 78.1 Å². The van der Waals surface area contributed by atoms with Crippen molar-refractivity contribution in [3.63, 3.8) is 0 Å². The minimum Gasteiger partial charge on any atom is -0.313 e. The predicted molar refractivity (Wildman–Crippen MR) is 84.5 cm³/mol. The summed E-state index contributed by atoms with van der Waals surface area (Å²) in [6.07, 6.45) is 3.41. The van der Waals surface area contributed by atoms with Gasteiger partial charge in [0.2, 0.25) is 0 Å². The van der Waals surface area contributed by atoms with E-state index in [-0.39, 0.29) is 11.1 Å². The summed E-state index contributed by atoms with van der Waals surface area (Å²) in [5.41, 5.74) is 0.687. The van der Waals surface area contributed by atoms with E-state index in [9.17, 15) is 8.42 Å². The smallest absolute Gasteiger partial charge is 0.260 e. The average molecular weight is 316 g/mol. The summed E-state index contributed by atoms with van der Waals surface area (Å²) in [6, 6.07) is -0.0465. The molecule has 1 heterocycles. The number of hydrogen-bond donors (Lipinski definition) is 2. The maximum absolute atomic E-state index is 12.7. The van der Waals surface area contributed by atoms with Crippen LogP contribution in [0.15, 0.2) is 11.2 Å². The summed E-state index contributed by atoms with van der Waals surface area (Å²) < 4.78 is 26.8. The first kappa shape index (κ1) is 18.1. The number of nitrogens with one attached hydrogen (secondary N) is 2. The van der Waals surface area contributed by atoms with Crippen LogP contribution in [0, 0.1) is 5.92 Å². The van der Waals surface area contributed by atoms with E-state index in [1.54, 1.807) is 13.2 Å². The molecule has 6 nitrogen and oxygen atoms in total. The largest absolute Gasteiger partial charge is 0.313 e. The lowest BCUT2D eigenvalue weighted by molar-refractivity contribution is 0.336. The summed E-state index contributed by atoms with van der Waals surface area (Å²) in [6.45, 7) is 9.54. The van der Waals surface area contributed by atoms with Crippen molar-refractivity contribution in [3.8, 4) is 0 Å². The molecule has 21 heavy (non-hydrogen) atoms. The maximum Gasteiger partial charge on any atom is 0.260 e. The Morgan fingerprint density at radius 1 is 1.38 bits per heavy atom. The number of aromatic nitrogens is 2. The highest BCUT2D eigenvalue weighted by molar-refractivity contribution is 7.89. The highest BCUT2D eigenvalue weighted by Gasteiger charge is 2.29. The second-order valence-corrected chi connectivity index (χ2v) is 7.84. The second kappa shape index (κ2) is 7.91. The number of rotatable bonds is 9. The third kappa shape index (κ3) is 4.79. The molecule has 1 rings (SSSR count). The zero-order valence-corrected chi connectivity index (χ0v) is 14.5. The van der Waals surface area contributed by atoms with E-state index in [1.807, 2.05) is 6.92 Å². The molecule has 0 aromatic carbocycles. The van der Waals surface area contributed by atoms with Gasteiger partial charge in [-0.05, 0) is 32.2 Å². The van der Waals surface area contributed by atoms with Gasteiger partial charge < -0.3 is 5.32 Å². The fourth-order valence-corrected chi connectivity index (χ4v) is 3.73. The molecule has 0 saturated carbocycles. The highest BCUT2D eigenvalue weighted by Crippen LogP contribution is 2.21. The van der Waals surface area contributed by atoms with Crippen molar-refractivity contribution in [1.82, 2.24) is 19.8 Å². The first-order valence-electron chi connectivity index (χ1n) is 7.51. The number of sulfonamides is 1. The Labute approximate surface area is 128 Å². The van der Waals surface area contributed by atoms with Crippen molar-refractivity contribution in [1.29, 1.82) is 0 Å². The Kier molecular flexibility index (Phi) is 6.83. The Hall–Kier alpha value is -0.920. The van der Waals surface area contributed by atoms with E-state index in [2.05, 4.69) is 36.3 Å². The zero-order valence-electron chi connectivity index (χ0n) is 13.7. The summed E-state index contributed by atoms with van der Waals surface area (Å²) in [4.78, 5) is 0. The molecular weight excluding hydrogens is 288 g/mol. The van der Waals surface area contributed by atoms with Crippen LogP contribution in [-0.4, -0.2) is 42.6 Å². The Morgan fingerprint density at radius 2 is 2.05 bits per heavy atom. The van der Waals surface area contributed by atoms with Crippen molar-refractivity contribution in [2.75, 3.05) is 13.6 Å². The first-order valence-corrected chi connectivity index (χ1v) is 8.95. The van der Waals surface area contributed by atoms with E-state index in [0.29, 0.717) is 18.0 Å². The molecule has 1 atom stereocenters. The Morgan fingerprint density at radius 3 is 2.62 bits per heavy atom. The van der Waals surface area contributed by atoms with Gasteiger partial charge in [-0.15, -0.1) is 0 Å². The van der Waals surface area contributed by atoms with Crippen molar-refractivity contribution in [3.05, 3.63) is 11.8 Å². The van der Waals surface area contributed by atoms with Crippen LogP contribution in [-0.2, 0) is 16.6 Å². The minimum atomic E-state index is -3.53. The maximum atomic E-state index is 12.7. The number of H-pyrrole nitrogens is 1. The third-order valence-corrected chi connectivity index (χ3v) is 5.48. The standard InChI is InChI=1S/C14H28N4O2S/c1-6-7-15-9-13-10-16-17-14(13)21(19,20)18(5)12(4)8-11(2)3/h10-12,15H,6-9H2,1-5H3,(H,16,17). The molecule has 0 aliphatic carbocycles. The van der Waals surface area contributed by atoms with E-state index in [1.165, 1.54) is 4.31 Å². The second-order valence-electron chi connectivity index (χ2n) is 5.90. The molecule has 0 aliphatic rings. The normalized spacial score (nSPS) is 14.0. The van der Waals surface area contributed by atoms with Gasteiger partial charge in [0, 0.05) is 25.2 Å². The van der Waals surface area contributed by atoms with E-state index in [0.717, 1.165) is 19.4 Å². The molecule has 122 valence electrons. The molecule has 1 aromatic rings. The average Bonchev–Trinajstić information content (AvgIpc) is 2.86. The van der Waals surface area contributed by atoms with E-state index in [4.69, 9.17) is 0 Å². The molecule has 7 heteroatoms. The van der Waals surface area contributed by atoms with Crippen LogP contribution in [0.25, 0.3) is 0 Å². The third-order valence-electron chi connectivity index (χ3n) is 3.49. The molecule has 2 N–H and O–H groups in total. The number of nitrogens with zero attached hydrogens (tertiary/aromatic N) is 2. The van der Waals surface area contributed by atoms with Crippen LogP contribution in [0.4, 0.5) is 0 Å². The molecular formula is C14H28N4O2S. The summed E-state index contributed by atoms with van der Waals surface area (Å²) in [7, 11) is -1.90. The molecule has 0 amide bonds. The van der Waals surface area contributed by atoms with Gasteiger partial charge in [-0.3, -0.25) is 5.10 Å². The van der Waals surface area contributed by atoms with Crippen molar-refractivity contribution < 1.29 is 8.42 Å². The molecule has 1 unspecified atom stereocenters. The Balaban J connectivity index is 2.89. The van der Waals surface area contributed by atoms with Crippen LogP contribution < -0.4 is 5.32 Å². The van der Waals surface area contributed by atoms with E-state index < -0.39 is 10.0 Å². The van der Waals surface area contributed by atoms with Crippen molar-refractivity contribution in [2.24, 2.45) is 5.92 Å². The van der Waals surface area contributed by atoms with Gasteiger partial charge >= 0.3 is 0 Å². The van der Waals surface area contributed by atoms with Crippen molar-refractivity contribution >= 4 is 10.0 Å². The molecule has 0 saturated heterocycles. The molecule has 0 fully saturated rings. The van der Waals surface area contributed by atoms with Gasteiger partial charge in [-0.1, -0.05) is 20.8 Å². The highest BCUT2D eigenvalue weighted by atomic mass is 32.2. The monoisotopic (exact) mass is 316 g/mol. The van der Waals surface area contributed by atoms with Crippen LogP contribution in [0.5, 0.6) is 0 Å². The zero-order chi connectivity index (χ0) is 16.0. The Bertz CT molecular complexity index is 525. The minimum absolute atomic E-state index is 0.0465. The van der Waals surface area contributed by atoms with Crippen LogP contribution in [0.3, 0.4) is 0 Å². The molecule has 0 radical (unpaired) electrons. The van der Waals surface area contributed by atoms with Gasteiger partial charge in [-0.2, -0.15) is 9.40 Å². The van der Waals surface area contributed by atoms with Gasteiger partial charge in [-0.25, -0.2) is 8.42 Å². The molecule has 0 bridgehead atoms. The van der Waals surface area contributed by atoms with E-state index >= 15 is 0 Å². The number of hydrogen-bond acceptors (Lipinski definition) is 4. The van der Waals surface area contributed by atoms with Crippen LogP contribution in [0.2, 0.25) is 0 Å². The first-order chi connectivity index (χ1) is 9.80. The lowest BCUT2D eigenvalue weighted by Crippen LogP contribution is -2.36. The summed E-state index contributed by atoms with van der Waals surface area (Å²) in [5, 5.41) is 9.95. The quantitative estimate of drug-likeness (QED) is 0.683. The fourth-order valence-electron chi connectivity index (χ4n) is 2.26.